The van der Waals surface area contributed by atoms with Crippen LogP contribution in [0.5, 0.6) is 0 Å². The van der Waals surface area contributed by atoms with Gasteiger partial charge in [-0.2, -0.15) is 0 Å². The van der Waals surface area contributed by atoms with E-state index in [1.165, 1.54) is 12.1 Å². The van der Waals surface area contributed by atoms with E-state index >= 15 is 0 Å². The molecule has 0 atom stereocenters. The highest BCUT2D eigenvalue weighted by atomic mass is 19.1. The van der Waals surface area contributed by atoms with Gasteiger partial charge in [0, 0.05) is 11.4 Å². The number of hydrogen-bond acceptors (Lipinski definition) is 1. The van der Waals surface area contributed by atoms with Gasteiger partial charge in [0.25, 0.3) is 0 Å². The number of rotatable bonds is 3. The van der Waals surface area contributed by atoms with Gasteiger partial charge in [-0.1, -0.05) is 12.7 Å². The molecule has 68 valence electrons. The van der Waals surface area contributed by atoms with E-state index in [2.05, 4.69) is 11.9 Å². The fraction of sp³-hybridized carbons (Fsp3) is 0.0909. The second kappa shape index (κ2) is 4.45. The maximum Gasteiger partial charge on any atom is 0.123 e. The lowest BCUT2D eigenvalue weighted by molar-refractivity contribution is 0.628. The van der Waals surface area contributed by atoms with Crippen molar-refractivity contribution in [3.05, 3.63) is 54.5 Å². The molecule has 1 rings (SSSR count). The summed E-state index contributed by atoms with van der Waals surface area (Å²) in [6.07, 6.45) is 3.55. The molecule has 0 saturated carbocycles. The highest BCUT2D eigenvalue weighted by Gasteiger charge is 1.92. The Morgan fingerprint density at radius 3 is 2.54 bits per heavy atom. The average Bonchev–Trinajstić information content (AvgIpc) is 2.09. The fourth-order valence-corrected chi connectivity index (χ4v) is 0.979. The maximum absolute atomic E-state index is 12.5. The lowest BCUT2D eigenvalue weighted by Crippen LogP contribution is -1.94. The molecule has 1 aromatic carbocycles. The van der Waals surface area contributed by atoms with E-state index in [0.29, 0.717) is 0 Å². The van der Waals surface area contributed by atoms with Crippen LogP contribution in [0.1, 0.15) is 6.92 Å². The number of anilines is 1. The van der Waals surface area contributed by atoms with Gasteiger partial charge < -0.3 is 5.32 Å². The minimum atomic E-state index is -0.226. The minimum absolute atomic E-state index is 0.226. The third kappa shape index (κ3) is 3.11. The Morgan fingerprint density at radius 2 is 2.00 bits per heavy atom. The molecule has 0 heterocycles. The van der Waals surface area contributed by atoms with E-state index in [4.69, 9.17) is 0 Å². The lowest BCUT2D eigenvalue weighted by atomic mass is 10.3. The molecule has 0 aliphatic heterocycles. The Kier molecular flexibility index (Phi) is 3.26. The quantitative estimate of drug-likeness (QED) is 0.698. The first-order valence-electron chi connectivity index (χ1n) is 4.04. The molecule has 0 fully saturated rings. The van der Waals surface area contributed by atoms with Gasteiger partial charge in [-0.05, 0) is 37.3 Å². The van der Waals surface area contributed by atoms with Crippen molar-refractivity contribution in [2.75, 3.05) is 5.32 Å². The van der Waals surface area contributed by atoms with E-state index in [0.717, 1.165) is 11.4 Å². The molecule has 0 aliphatic rings. The van der Waals surface area contributed by atoms with E-state index in [1.54, 1.807) is 18.2 Å². The summed E-state index contributed by atoms with van der Waals surface area (Å²) < 4.78 is 12.5. The van der Waals surface area contributed by atoms with E-state index in [1.807, 2.05) is 13.0 Å². The van der Waals surface area contributed by atoms with Crippen LogP contribution in [0.4, 0.5) is 10.1 Å². The predicted octanol–water partition coefficient (Wildman–Crippen LogP) is 3.33. The van der Waals surface area contributed by atoms with Crippen LogP contribution in [0.2, 0.25) is 0 Å². The van der Waals surface area contributed by atoms with Crippen molar-refractivity contribution in [2.24, 2.45) is 0 Å². The summed E-state index contributed by atoms with van der Waals surface area (Å²) in [5.74, 6) is -0.226. The number of benzene rings is 1. The zero-order chi connectivity index (χ0) is 9.68. The van der Waals surface area contributed by atoms with Crippen LogP contribution in [-0.4, -0.2) is 0 Å². The Hall–Kier alpha value is -1.57. The second-order valence-electron chi connectivity index (χ2n) is 2.72. The molecule has 2 heteroatoms. The van der Waals surface area contributed by atoms with Gasteiger partial charge in [0.2, 0.25) is 0 Å². The van der Waals surface area contributed by atoms with Gasteiger partial charge in [-0.25, -0.2) is 4.39 Å². The molecule has 0 saturated heterocycles. The Balaban J connectivity index is 2.69. The van der Waals surface area contributed by atoms with Gasteiger partial charge in [-0.3, -0.25) is 0 Å². The minimum Gasteiger partial charge on any atom is -0.359 e. The van der Waals surface area contributed by atoms with Crippen molar-refractivity contribution in [1.82, 2.24) is 0 Å². The molecule has 0 amide bonds. The summed E-state index contributed by atoms with van der Waals surface area (Å²) in [5, 5.41) is 3.09. The molecule has 1 N–H and O–H groups in total. The molecule has 13 heavy (non-hydrogen) atoms. The first-order valence-corrected chi connectivity index (χ1v) is 4.04. The maximum atomic E-state index is 12.5. The van der Waals surface area contributed by atoms with Crippen molar-refractivity contribution in [3.8, 4) is 0 Å². The third-order valence-corrected chi connectivity index (χ3v) is 1.55. The van der Waals surface area contributed by atoms with E-state index in [9.17, 15) is 4.39 Å². The van der Waals surface area contributed by atoms with Crippen LogP contribution in [0.25, 0.3) is 0 Å². The zero-order valence-corrected chi connectivity index (χ0v) is 7.55. The molecule has 0 bridgehead atoms. The summed E-state index contributed by atoms with van der Waals surface area (Å²) in [4.78, 5) is 0. The summed E-state index contributed by atoms with van der Waals surface area (Å²) in [6.45, 7) is 5.50. The Bertz CT molecular complexity index is 311. The monoisotopic (exact) mass is 177 g/mol. The van der Waals surface area contributed by atoms with Crippen LogP contribution in [-0.2, 0) is 0 Å². The third-order valence-electron chi connectivity index (χ3n) is 1.55. The molecular formula is C11H12FN. The first kappa shape index (κ1) is 9.52. The van der Waals surface area contributed by atoms with Gasteiger partial charge in [-0.15, -0.1) is 0 Å². The normalized spacial score (nSPS) is 11.1. The van der Waals surface area contributed by atoms with Crippen LogP contribution < -0.4 is 5.32 Å². The van der Waals surface area contributed by atoms with Gasteiger partial charge >= 0.3 is 0 Å². The first-order chi connectivity index (χ1) is 6.22. The Morgan fingerprint density at radius 1 is 1.38 bits per heavy atom. The number of hydrogen-bond donors (Lipinski definition) is 1. The summed E-state index contributed by atoms with van der Waals surface area (Å²) in [6, 6.07) is 6.22. The average molecular weight is 177 g/mol. The molecule has 0 radical (unpaired) electrons. The SMILES string of the molecule is C=C/C=C(\C)Nc1ccc(F)cc1. The van der Waals surface area contributed by atoms with Crippen molar-refractivity contribution < 1.29 is 4.39 Å². The lowest BCUT2D eigenvalue weighted by Gasteiger charge is -2.04. The van der Waals surface area contributed by atoms with Crippen molar-refractivity contribution in [3.63, 3.8) is 0 Å². The smallest absolute Gasteiger partial charge is 0.123 e. The largest absolute Gasteiger partial charge is 0.359 e. The summed E-state index contributed by atoms with van der Waals surface area (Å²) in [7, 11) is 0. The van der Waals surface area contributed by atoms with Crippen LogP contribution in [0.15, 0.2) is 48.7 Å². The number of nitrogens with one attached hydrogen (secondary N) is 1. The summed E-state index contributed by atoms with van der Waals surface area (Å²) >= 11 is 0. The van der Waals surface area contributed by atoms with E-state index < -0.39 is 0 Å². The summed E-state index contributed by atoms with van der Waals surface area (Å²) in [5.41, 5.74) is 1.85. The second-order valence-corrected chi connectivity index (χ2v) is 2.72. The molecule has 0 spiro atoms. The van der Waals surface area contributed by atoms with Crippen molar-refractivity contribution in [2.45, 2.75) is 6.92 Å². The van der Waals surface area contributed by atoms with Crippen molar-refractivity contribution >= 4 is 5.69 Å². The van der Waals surface area contributed by atoms with Crippen LogP contribution in [0.3, 0.4) is 0 Å². The van der Waals surface area contributed by atoms with Gasteiger partial charge in [0.05, 0.1) is 0 Å². The molecule has 0 unspecified atom stereocenters. The standard InChI is InChI=1S/C11H12FN/c1-3-4-9(2)13-11-7-5-10(12)6-8-11/h3-8,13H,1H2,2H3/b9-4+. The molecule has 0 aliphatic carbocycles. The van der Waals surface area contributed by atoms with Gasteiger partial charge in [0.1, 0.15) is 5.82 Å². The Labute approximate surface area is 77.6 Å². The molecular weight excluding hydrogens is 165 g/mol. The van der Waals surface area contributed by atoms with Crippen LogP contribution >= 0.6 is 0 Å². The van der Waals surface area contributed by atoms with E-state index in [-0.39, 0.29) is 5.82 Å². The van der Waals surface area contributed by atoms with Gasteiger partial charge in [0.15, 0.2) is 0 Å². The zero-order valence-electron chi connectivity index (χ0n) is 7.55. The molecule has 0 aromatic heterocycles. The number of halogens is 1. The molecule has 1 nitrogen and oxygen atoms in total. The molecule has 1 aromatic rings. The number of allylic oxidation sites excluding steroid dienone is 3. The predicted molar refractivity (Wildman–Crippen MR) is 54.0 cm³/mol. The topological polar surface area (TPSA) is 12.0 Å². The van der Waals surface area contributed by atoms with Crippen molar-refractivity contribution in [1.29, 1.82) is 0 Å². The highest BCUT2D eigenvalue weighted by Crippen LogP contribution is 2.10. The highest BCUT2D eigenvalue weighted by molar-refractivity contribution is 5.47. The fourth-order valence-electron chi connectivity index (χ4n) is 0.979. The van der Waals surface area contributed by atoms with Crippen LogP contribution in [0, 0.1) is 5.82 Å².